The van der Waals surface area contributed by atoms with Gasteiger partial charge < -0.3 is 14.4 Å². The summed E-state index contributed by atoms with van der Waals surface area (Å²) in [6.07, 6.45) is 1.94. The minimum Gasteiger partial charge on any atom is -0.483 e. The molecule has 1 amide bonds. The Morgan fingerprint density at radius 2 is 1.88 bits per heavy atom. The Bertz CT molecular complexity index is 824. The van der Waals surface area contributed by atoms with Crippen LogP contribution >= 0.6 is 0 Å². The second kappa shape index (κ2) is 7.99. The lowest BCUT2D eigenvalue weighted by atomic mass is 9.97. The highest BCUT2D eigenvalue weighted by Gasteiger charge is 2.28. The summed E-state index contributed by atoms with van der Waals surface area (Å²) in [7, 11) is 1.38. The number of hydrogen-bond donors (Lipinski definition) is 0. The average Bonchev–Trinajstić information content (AvgIpc) is 2.70. The van der Waals surface area contributed by atoms with E-state index >= 15 is 0 Å². The van der Waals surface area contributed by atoms with Crippen LogP contribution in [0.5, 0.6) is 5.75 Å². The number of hydrogen-bond acceptors (Lipinski definition) is 5. The van der Waals surface area contributed by atoms with Gasteiger partial charge in [-0.15, -0.1) is 0 Å². The number of carbonyl (C=O) groups excluding carboxylic acids is 3. The molecule has 0 atom stereocenters. The van der Waals surface area contributed by atoms with Crippen LogP contribution in [0.4, 0.5) is 0 Å². The van der Waals surface area contributed by atoms with Crippen molar-refractivity contribution in [3.05, 3.63) is 42.0 Å². The number of fused-ring (bicyclic) bond motifs is 1. The van der Waals surface area contributed by atoms with Crippen molar-refractivity contribution in [1.82, 2.24) is 4.90 Å². The monoisotopic (exact) mass is 355 g/mol. The third-order valence-corrected chi connectivity index (χ3v) is 4.78. The zero-order valence-electron chi connectivity index (χ0n) is 14.6. The van der Waals surface area contributed by atoms with E-state index in [9.17, 15) is 14.4 Å². The number of esters is 1. The minimum atomic E-state index is -0.222. The molecule has 0 saturated carbocycles. The predicted octanol–water partition coefficient (Wildman–Crippen LogP) is 2.44. The van der Waals surface area contributed by atoms with Gasteiger partial charge in [-0.3, -0.25) is 14.4 Å². The molecule has 1 aliphatic rings. The molecular weight excluding hydrogens is 334 g/mol. The molecule has 2 aromatic carbocycles. The van der Waals surface area contributed by atoms with Crippen molar-refractivity contribution in [2.75, 3.05) is 26.8 Å². The van der Waals surface area contributed by atoms with E-state index in [1.807, 2.05) is 30.3 Å². The largest absolute Gasteiger partial charge is 0.483 e. The van der Waals surface area contributed by atoms with Crippen LogP contribution in [0.3, 0.4) is 0 Å². The van der Waals surface area contributed by atoms with Gasteiger partial charge in [-0.25, -0.2) is 0 Å². The van der Waals surface area contributed by atoms with Gasteiger partial charge in [-0.1, -0.05) is 30.3 Å². The molecule has 0 aliphatic carbocycles. The molecule has 6 nitrogen and oxygen atoms in total. The number of amides is 1. The summed E-state index contributed by atoms with van der Waals surface area (Å²) in [4.78, 5) is 37.1. The second-order valence-electron chi connectivity index (χ2n) is 6.28. The lowest BCUT2D eigenvalue weighted by molar-refractivity contribution is -0.149. The average molecular weight is 355 g/mol. The van der Waals surface area contributed by atoms with Gasteiger partial charge in [0.2, 0.25) is 0 Å². The van der Waals surface area contributed by atoms with Crippen LogP contribution in [0, 0.1) is 5.92 Å². The summed E-state index contributed by atoms with van der Waals surface area (Å²) < 4.78 is 10.4. The summed E-state index contributed by atoms with van der Waals surface area (Å²) in [6.45, 7) is 0.864. The Balaban J connectivity index is 1.63. The maximum atomic E-state index is 12.4. The van der Waals surface area contributed by atoms with Crippen LogP contribution in [0.2, 0.25) is 0 Å². The molecule has 0 N–H and O–H groups in total. The molecule has 0 bridgehead atoms. The minimum absolute atomic E-state index is 0.137. The lowest BCUT2D eigenvalue weighted by Crippen LogP contribution is -2.42. The highest BCUT2D eigenvalue weighted by atomic mass is 16.5. The first-order valence-corrected chi connectivity index (χ1v) is 8.59. The molecule has 0 spiro atoms. The van der Waals surface area contributed by atoms with Gasteiger partial charge in [-0.2, -0.15) is 0 Å². The van der Waals surface area contributed by atoms with Crippen LogP contribution in [0.25, 0.3) is 10.8 Å². The van der Waals surface area contributed by atoms with Crippen molar-refractivity contribution < 1.29 is 23.9 Å². The van der Waals surface area contributed by atoms with Crippen molar-refractivity contribution in [1.29, 1.82) is 0 Å². The van der Waals surface area contributed by atoms with E-state index in [1.54, 1.807) is 11.0 Å². The third kappa shape index (κ3) is 3.69. The Labute approximate surface area is 151 Å². The van der Waals surface area contributed by atoms with E-state index in [1.165, 1.54) is 7.11 Å². The van der Waals surface area contributed by atoms with Crippen molar-refractivity contribution in [3.8, 4) is 5.75 Å². The summed E-state index contributed by atoms with van der Waals surface area (Å²) in [5.74, 6) is -0.123. The van der Waals surface area contributed by atoms with Crippen LogP contribution in [0.15, 0.2) is 36.4 Å². The van der Waals surface area contributed by atoms with Crippen molar-refractivity contribution in [2.24, 2.45) is 5.92 Å². The number of likely N-dealkylation sites (tertiary alicyclic amines) is 1. The van der Waals surface area contributed by atoms with E-state index in [2.05, 4.69) is 0 Å². The number of benzene rings is 2. The van der Waals surface area contributed by atoms with Gasteiger partial charge >= 0.3 is 5.97 Å². The number of aldehydes is 1. The van der Waals surface area contributed by atoms with Gasteiger partial charge in [0, 0.05) is 13.1 Å². The van der Waals surface area contributed by atoms with Crippen LogP contribution in [-0.2, 0) is 14.3 Å². The number of ether oxygens (including phenoxy) is 2. The molecule has 0 unspecified atom stereocenters. The number of methoxy groups -OCH3 is 1. The summed E-state index contributed by atoms with van der Waals surface area (Å²) >= 11 is 0. The maximum absolute atomic E-state index is 12.4. The Morgan fingerprint density at radius 1 is 1.15 bits per heavy atom. The van der Waals surface area contributed by atoms with Crippen molar-refractivity contribution in [3.63, 3.8) is 0 Å². The molecular formula is C20H21NO5. The molecule has 136 valence electrons. The lowest BCUT2D eigenvalue weighted by Gasteiger charge is -2.30. The number of carbonyl (C=O) groups is 3. The first kappa shape index (κ1) is 17.9. The highest BCUT2D eigenvalue weighted by Crippen LogP contribution is 2.27. The molecule has 2 aromatic rings. The summed E-state index contributed by atoms with van der Waals surface area (Å²) in [6, 6.07) is 11.1. The highest BCUT2D eigenvalue weighted by molar-refractivity contribution is 6.00. The number of nitrogens with zero attached hydrogens (tertiary/aromatic N) is 1. The first-order valence-electron chi connectivity index (χ1n) is 8.59. The van der Waals surface area contributed by atoms with Gasteiger partial charge in [-0.05, 0) is 29.7 Å². The van der Waals surface area contributed by atoms with Gasteiger partial charge in [0.25, 0.3) is 5.91 Å². The third-order valence-electron chi connectivity index (χ3n) is 4.78. The Morgan fingerprint density at radius 3 is 2.58 bits per heavy atom. The van der Waals surface area contributed by atoms with Crippen LogP contribution in [-0.4, -0.2) is 49.9 Å². The maximum Gasteiger partial charge on any atom is 0.308 e. The fourth-order valence-corrected chi connectivity index (χ4v) is 3.29. The zero-order valence-corrected chi connectivity index (χ0v) is 14.6. The zero-order chi connectivity index (χ0) is 18.5. The van der Waals surface area contributed by atoms with Crippen molar-refractivity contribution >= 4 is 28.9 Å². The molecule has 26 heavy (non-hydrogen) atoms. The fourth-order valence-electron chi connectivity index (χ4n) is 3.29. The van der Waals surface area contributed by atoms with Crippen molar-refractivity contribution in [2.45, 2.75) is 12.8 Å². The second-order valence-corrected chi connectivity index (χ2v) is 6.28. The topological polar surface area (TPSA) is 72.9 Å². The van der Waals surface area contributed by atoms with Crippen LogP contribution < -0.4 is 4.74 Å². The van der Waals surface area contributed by atoms with Gasteiger partial charge in [0.1, 0.15) is 5.75 Å². The SMILES string of the molecule is COC(=O)C1CCN(C(=O)COc2ccc3ccccc3c2C=O)CC1. The number of rotatable bonds is 5. The van der Waals surface area contributed by atoms with Gasteiger partial charge in [0.05, 0.1) is 18.6 Å². The summed E-state index contributed by atoms with van der Waals surface area (Å²) in [5.41, 5.74) is 0.445. The van der Waals surface area contributed by atoms with E-state index < -0.39 is 0 Å². The van der Waals surface area contributed by atoms with Gasteiger partial charge in [0.15, 0.2) is 12.9 Å². The quantitative estimate of drug-likeness (QED) is 0.608. The molecule has 0 radical (unpaired) electrons. The van der Waals surface area contributed by atoms with E-state index in [0.29, 0.717) is 37.2 Å². The van der Waals surface area contributed by atoms with E-state index in [4.69, 9.17) is 9.47 Å². The normalized spacial score (nSPS) is 14.9. The standard InChI is InChI=1S/C20H21NO5/c1-25-20(24)15-8-10-21(11-9-15)19(23)13-26-18-7-6-14-4-2-3-5-16(14)17(18)12-22/h2-7,12,15H,8-11,13H2,1H3. The molecule has 0 aromatic heterocycles. The summed E-state index contributed by atoms with van der Waals surface area (Å²) in [5, 5.41) is 1.74. The van der Waals surface area contributed by atoms with Crippen LogP contribution in [0.1, 0.15) is 23.2 Å². The molecule has 1 aliphatic heterocycles. The first-order chi connectivity index (χ1) is 12.6. The molecule has 3 rings (SSSR count). The number of piperidine rings is 1. The smallest absolute Gasteiger partial charge is 0.308 e. The molecule has 1 saturated heterocycles. The molecule has 1 heterocycles. The Hall–Kier alpha value is -2.89. The van der Waals surface area contributed by atoms with E-state index in [0.717, 1.165) is 17.1 Å². The fraction of sp³-hybridized carbons (Fsp3) is 0.350. The van der Waals surface area contributed by atoms with E-state index in [-0.39, 0.29) is 24.4 Å². The predicted molar refractivity (Wildman–Crippen MR) is 96.2 cm³/mol. The Kier molecular flexibility index (Phi) is 5.51. The molecule has 1 fully saturated rings. The molecule has 6 heteroatoms.